The van der Waals surface area contributed by atoms with Crippen LogP contribution >= 0.6 is 11.3 Å². The molecule has 0 aliphatic heterocycles. The summed E-state index contributed by atoms with van der Waals surface area (Å²) in [6, 6.07) is 12.6. The fourth-order valence-electron chi connectivity index (χ4n) is 3.32. The van der Waals surface area contributed by atoms with Gasteiger partial charge >= 0.3 is 5.97 Å². The number of nitrogens with one attached hydrogen (secondary N) is 1. The molecule has 2 heterocycles. The van der Waals surface area contributed by atoms with Crippen LogP contribution in [-0.2, 0) is 16.0 Å². The summed E-state index contributed by atoms with van der Waals surface area (Å²) < 4.78 is 4.99. The van der Waals surface area contributed by atoms with E-state index in [1.807, 2.05) is 47.8 Å². The van der Waals surface area contributed by atoms with Gasteiger partial charge in [0.05, 0.1) is 24.1 Å². The van der Waals surface area contributed by atoms with E-state index in [2.05, 4.69) is 10.3 Å². The van der Waals surface area contributed by atoms with Crippen LogP contribution < -0.4 is 16.8 Å². The lowest BCUT2D eigenvalue weighted by Gasteiger charge is -2.23. The van der Waals surface area contributed by atoms with Crippen molar-refractivity contribution >= 4 is 23.2 Å². The van der Waals surface area contributed by atoms with Gasteiger partial charge in [-0.1, -0.05) is 30.3 Å². The van der Waals surface area contributed by atoms with E-state index in [1.165, 1.54) is 18.4 Å². The molecule has 0 fully saturated rings. The largest absolute Gasteiger partial charge is 0.469 e. The number of ether oxygens (including phenoxy) is 1. The molecule has 0 radical (unpaired) electrons. The Morgan fingerprint density at radius 1 is 1.16 bits per heavy atom. The first-order valence-electron chi connectivity index (χ1n) is 9.86. The van der Waals surface area contributed by atoms with E-state index < -0.39 is 24.1 Å². The van der Waals surface area contributed by atoms with Crippen LogP contribution in [0.5, 0.6) is 0 Å². The van der Waals surface area contributed by atoms with Gasteiger partial charge in [0, 0.05) is 24.0 Å². The maximum absolute atomic E-state index is 12.8. The second-order valence-electron chi connectivity index (χ2n) is 7.31. The SMILES string of the molecule is COC(=O)C(Cc1cccc(C(N)N)c1)C(C)NC(=O)c1cc(-c2cccnc2)cs1. The van der Waals surface area contributed by atoms with Crippen LogP contribution in [-0.4, -0.2) is 30.0 Å². The van der Waals surface area contributed by atoms with Gasteiger partial charge in [0.25, 0.3) is 5.91 Å². The molecule has 3 aromatic rings. The Labute approximate surface area is 185 Å². The number of amides is 1. The van der Waals surface area contributed by atoms with Crippen LogP contribution in [0.15, 0.2) is 60.2 Å². The molecule has 0 spiro atoms. The number of rotatable bonds is 8. The average molecular weight is 439 g/mol. The first-order valence-corrected chi connectivity index (χ1v) is 10.7. The molecule has 0 saturated carbocycles. The molecular formula is C23H26N4O3S. The first kappa shape index (κ1) is 22.6. The maximum atomic E-state index is 12.8. The number of benzene rings is 1. The molecule has 2 aromatic heterocycles. The van der Waals surface area contributed by atoms with Crippen LogP contribution in [0.4, 0.5) is 0 Å². The van der Waals surface area contributed by atoms with Gasteiger partial charge < -0.3 is 21.5 Å². The van der Waals surface area contributed by atoms with E-state index in [4.69, 9.17) is 16.2 Å². The van der Waals surface area contributed by atoms with Crippen molar-refractivity contribution in [3.05, 3.63) is 76.2 Å². The Kier molecular flexibility index (Phi) is 7.51. The maximum Gasteiger partial charge on any atom is 0.311 e. The molecule has 2 unspecified atom stereocenters. The highest BCUT2D eigenvalue weighted by atomic mass is 32.1. The molecule has 1 amide bonds. The molecule has 8 heteroatoms. The van der Waals surface area contributed by atoms with Gasteiger partial charge in [-0.25, -0.2) is 0 Å². The van der Waals surface area contributed by atoms with Crippen molar-refractivity contribution in [2.45, 2.75) is 25.6 Å². The quantitative estimate of drug-likeness (QED) is 0.367. The zero-order chi connectivity index (χ0) is 22.4. The van der Waals surface area contributed by atoms with Crippen molar-refractivity contribution < 1.29 is 14.3 Å². The number of thiophene rings is 1. The predicted molar refractivity (Wildman–Crippen MR) is 121 cm³/mol. The third-order valence-electron chi connectivity index (χ3n) is 5.08. The van der Waals surface area contributed by atoms with Gasteiger partial charge in [0.15, 0.2) is 0 Å². The number of hydrogen-bond donors (Lipinski definition) is 3. The Morgan fingerprint density at radius 3 is 2.65 bits per heavy atom. The molecular weight excluding hydrogens is 412 g/mol. The van der Waals surface area contributed by atoms with Crippen molar-refractivity contribution in [1.29, 1.82) is 0 Å². The summed E-state index contributed by atoms with van der Waals surface area (Å²) in [4.78, 5) is 29.9. The highest BCUT2D eigenvalue weighted by Gasteiger charge is 2.28. The number of carbonyl (C=O) groups is 2. The summed E-state index contributed by atoms with van der Waals surface area (Å²) in [5.74, 6) is -1.19. The number of aromatic nitrogens is 1. The highest BCUT2D eigenvalue weighted by Crippen LogP contribution is 2.25. The fourth-order valence-corrected chi connectivity index (χ4v) is 4.13. The molecule has 162 valence electrons. The minimum atomic E-state index is -0.596. The van der Waals surface area contributed by atoms with Crippen LogP contribution in [0, 0.1) is 5.92 Å². The topological polar surface area (TPSA) is 120 Å². The first-order chi connectivity index (χ1) is 14.9. The molecule has 31 heavy (non-hydrogen) atoms. The molecule has 2 atom stereocenters. The normalized spacial score (nSPS) is 12.9. The van der Waals surface area contributed by atoms with Crippen LogP contribution in [0.1, 0.15) is 33.9 Å². The lowest BCUT2D eigenvalue weighted by molar-refractivity contribution is -0.146. The summed E-state index contributed by atoms with van der Waals surface area (Å²) in [5, 5.41) is 4.85. The summed E-state index contributed by atoms with van der Waals surface area (Å²) in [5.41, 5.74) is 15.1. The Balaban J connectivity index is 1.73. The van der Waals surface area contributed by atoms with E-state index in [-0.39, 0.29) is 5.91 Å². The number of pyridine rings is 1. The van der Waals surface area contributed by atoms with Crippen molar-refractivity contribution in [1.82, 2.24) is 10.3 Å². The van der Waals surface area contributed by atoms with Gasteiger partial charge in [0.2, 0.25) is 0 Å². The third-order valence-corrected chi connectivity index (χ3v) is 6.00. The van der Waals surface area contributed by atoms with Gasteiger partial charge in [-0.2, -0.15) is 0 Å². The molecule has 0 bridgehead atoms. The van der Waals surface area contributed by atoms with Gasteiger partial charge in [-0.3, -0.25) is 14.6 Å². The summed E-state index contributed by atoms with van der Waals surface area (Å²) in [7, 11) is 1.34. The lowest BCUT2D eigenvalue weighted by Crippen LogP contribution is -2.42. The zero-order valence-electron chi connectivity index (χ0n) is 17.4. The Hall–Kier alpha value is -3.07. The van der Waals surface area contributed by atoms with E-state index in [1.54, 1.807) is 19.3 Å². The van der Waals surface area contributed by atoms with Crippen molar-refractivity contribution in [2.24, 2.45) is 17.4 Å². The van der Waals surface area contributed by atoms with E-state index in [0.717, 1.165) is 22.3 Å². The zero-order valence-corrected chi connectivity index (χ0v) is 18.3. The Bertz CT molecular complexity index is 1040. The number of carbonyl (C=O) groups excluding carboxylic acids is 2. The van der Waals surface area contributed by atoms with Gasteiger partial charge in [0.1, 0.15) is 0 Å². The minimum Gasteiger partial charge on any atom is -0.469 e. The van der Waals surface area contributed by atoms with Gasteiger partial charge in [-0.05, 0) is 47.5 Å². The third kappa shape index (κ3) is 5.75. The highest BCUT2D eigenvalue weighted by molar-refractivity contribution is 7.12. The molecule has 0 aliphatic carbocycles. The second kappa shape index (κ2) is 10.3. The van der Waals surface area contributed by atoms with Gasteiger partial charge in [-0.15, -0.1) is 11.3 Å². The van der Waals surface area contributed by atoms with Crippen molar-refractivity contribution in [2.75, 3.05) is 7.11 Å². The second-order valence-corrected chi connectivity index (χ2v) is 8.22. The van der Waals surface area contributed by atoms with Crippen LogP contribution in [0.3, 0.4) is 0 Å². The molecule has 7 nitrogen and oxygen atoms in total. The van der Waals surface area contributed by atoms with E-state index in [9.17, 15) is 9.59 Å². The molecule has 1 aromatic carbocycles. The van der Waals surface area contributed by atoms with E-state index in [0.29, 0.717) is 11.3 Å². The van der Waals surface area contributed by atoms with E-state index >= 15 is 0 Å². The smallest absolute Gasteiger partial charge is 0.311 e. The molecule has 5 N–H and O–H groups in total. The minimum absolute atomic E-state index is 0.237. The summed E-state index contributed by atoms with van der Waals surface area (Å²) in [6.07, 6.45) is 3.25. The number of methoxy groups -OCH3 is 1. The lowest BCUT2D eigenvalue weighted by atomic mass is 9.92. The monoisotopic (exact) mass is 438 g/mol. The average Bonchev–Trinajstić information content (AvgIpc) is 3.28. The molecule has 3 rings (SSSR count). The summed E-state index contributed by atoms with van der Waals surface area (Å²) >= 11 is 1.35. The fraction of sp³-hybridized carbons (Fsp3) is 0.261. The van der Waals surface area contributed by atoms with Crippen LogP contribution in [0.2, 0.25) is 0 Å². The number of esters is 1. The van der Waals surface area contributed by atoms with Crippen molar-refractivity contribution in [3.8, 4) is 11.1 Å². The van der Waals surface area contributed by atoms with Crippen molar-refractivity contribution in [3.63, 3.8) is 0 Å². The molecule has 0 aliphatic rings. The number of nitrogens with two attached hydrogens (primary N) is 2. The predicted octanol–water partition coefficient (Wildman–Crippen LogP) is 2.88. The number of nitrogens with zero attached hydrogens (tertiary/aromatic N) is 1. The number of hydrogen-bond acceptors (Lipinski definition) is 7. The summed E-state index contributed by atoms with van der Waals surface area (Å²) in [6.45, 7) is 1.80. The Morgan fingerprint density at radius 2 is 1.97 bits per heavy atom. The molecule has 0 saturated heterocycles. The standard InChI is InChI=1S/C23H26N4O3S/c1-14(19(23(29)30-2)10-15-5-3-6-16(9-15)21(24)25)27-22(28)20-11-18(13-31-20)17-7-4-8-26-12-17/h3-9,11-14,19,21H,10,24-25H2,1-2H3,(H,27,28). The van der Waals surface area contributed by atoms with Crippen LogP contribution in [0.25, 0.3) is 11.1 Å².